The number of halogens is 5. The van der Waals surface area contributed by atoms with Crippen molar-refractivity contribution in [2.75, 3.05) is 19.6 Å². The molecule has 1 amide bonds. The number of nitrogens with one attached hydrogen (secondary N) is 1. The molecule has 0 aromatic carbocycles. The van der Waals surface area contributed by atoms with Crippen LogP contribution in [0, 0.1) is 0 Å². The summed E-state index contributed by atoms with van der Waals surface area (Å²) in [5, 5.41) is 7.46. The highest BCUT2D eigenvalue weighted by Crippen LogP contribution is 2.38. The predicted octanol–water partition coefficient (Wildman–Crippen LogP) is 2.25. The van der Waals surface area contributed by atoms with Crippen LogP contribution >= 0.6 is 0 Å². The predicted molar refractivity (Wildman–Crippen MR) is 85.6 cm³/mol. The molecule has 2 fully saturated rings. The Morgan fingerprint density at radius 1 is 1.30 bits per heavy atom. The molecule has 3 aliphatic rings. The van der Waals surface area contributed by atoms with Gasteiger partial charge in [-0.05, 0) is 19.3 Å². The molecule has 1 aliphatic carbocycles. The van der Waals surface area contributed by atoms with Gasteiger partial charge in [-0.15, -0.1) is 0 Å². The molecule has 1 atom stereocenters. The maximum Gasteiger partial charge on any atom is 0.408 e. The lowest BCUT2D eigenvalue weighted by Crippen LogP contribution is -2.46. The Morgan fingerprint density at radius 2 is 2.04 bits per heavy atom. The normalized spacial score (nSPS) is 25.4. The summed E-state index contributed by atoms with van der Waals surface area (Å²) in [5.41, 5.74) is 1.60. The number of carbonyl (C=O) groups is 1. The topological polar surface area (TPSA) is 50.2 Å². The monoisotopic (exact) mass is 392 g/mol. The van der Waals surface area contributed by atoms with Crippen LogP contribution in [0.5, 0.6) is 0 Å². The molecule has 1 aromatic rings. The van der Waals surface area contributed by atoms with Crippen LogP contribution in [0.2, 0.25) is 0 Å². The van der Waals surface area contributed by atoms with E-state index >= 15 is 0 Å². The number of hydrogen-bond acceptors (Lipinski definition) is 3. The quantitative estimate of drug-likeness (QED) is 0.803. The zero-order valence-electron chi connectivity index (χ0n) is 14.7. The Bertz CT molecular complexity index is 740. The van der Waals surface area contributed by atoms with E-state index in [1.807, 2.05) is 0 Å². The third-order valence-electron chi connectivity index (χ3n) is 5.76. The number of likely N-dealkylation sites (tertiary alicyclic amines) is 1. The minimum atomic E-state index is -4.46. The molecule has 0 unspecified atom stereocenters. The molecule has 0 radical (unpaired) electrons. The van der Waals surface area contributed by atoms with Crippen LogP contribution in [0.25, 0.3) is 0 Å². The van der Waals surface area contributed by atoms with Crippen LogP contribution in [0.1, 0.15) is 42.1 Å². The van der Waals surface area contributed by atoms with E-state index in [1.54, 1.807) is 0 Å². The highest BCUT2D eigenvalue weighted by Gasteiger charge is 2.48. The van der Waals surface area contributed by atoms with E-state index in [-0.39, 0.29) is 38.3 Å². The van der Waals surface area contributed by atoms with Gasteiger partial charge in [-0.2, -0.15) is 18.3 Å². The molecular formula is C17H21F5N4O. The first-order valence-corrected chi connectivity index (χ1v) is 9.19. The van der Waals surface area contributed by atoms with Crippen molar-refractivity contribution in [2.24, 2.45) is 0 Å². The lowest BCUT2D eigenvalue weighted by Gasteiger charge is -2.28. The second kappa shape index (κ2) is 6.42. The summed E-state index contributed by atoms with van der Waals surface area (Å²) in [7, 11) is 0. The van der Waals surface area contributed by atoms with Crippen LogP contribution in [0.15, 0.2) is 0 Å². The number of fused-ring (bicyclic) bond motifs is 1. The molecule has 0 saturated carbocycles. The maximum absolute atomic E-state index is 13.9. The fraction of sp³-hybridized carbons (Fsp3) is 0.765. The summed E-state index contributed by atoms with van der Waals surface area (Å²) in [4.78, 5) is 13.4. The van der Waals surface area contributed by atoms with E-state index < -0.39 is 30.5 Å². The van der Waals surface area contributed by atoms with Crippen LogP contribution < -0.4 is 5.32 Å². The molecule has 1 aromatic heterocycles. The zero-order chi connectivity index (χ0) is 19.4. The second-order valence-corrected chi connectivity index (χ2v) is 7.64. The van der Waals surface area contributed by atoms with Crippen molar-refractivity contribution >= 4 is 5.91 Å². The van der Waals surface area contributed by atoms with Gasteiger partial charge in [-0.25, -0.2) is 8.78 Å². The SMILES string of the molecule is O=C(Cn1nc(C2CNC2)c2c1CCC(F)(F)C2)N1CCC[C@H]1C(F)(F)F. The Hall–Kier alpha value is -1.71. The number of hydrogen-bond donors (Lipinski definition) is 1. The Morgan fingerprint density at radius 3 is 2.67 bits per heavy atom. The van der Waals surface area contributed by atoms with Crippen LogP contribution in [0.3, 0.4) is 0 Å². The van der Waals surface area contributed by atoms with Crippen molar-refractivity contribution in [1.29, 1.82) is 0 Å². The second-order valence-electron chi connectivity index (χ2n) is 7.64. The minimum absolute atomic E-state index is 0.0127. The molecule has 150 valence electrons. The van der Waals surface area contributed by atoms with Gasteiger partial charge < -0.3 is 10.2 Å². The fourth-order valence-corrected chi connectivity index (χ4v) is 4.24. The molecule has 1 N–H and O–H groups in total. The summed E-state index contributed by atoms with van der Waals surface area (Å²) in [6.45, 7) is 0.987. The van der Waals surface area contributed by atoms with Gasteiger partial charge >= 0.3 is 6.18 Å². The van der Waals surface area contributed by atoms with Gasteiger partial charge in [0, 0.05) is 49.7 Å². The van der Waals surface area contributed by atoms with Gasteiger partial charge in [-0.1, -0.05) is 0 Å². The molecule has 5 nitrogen and oxygen atoms in total. The lowest BCUT2D eigenvalue weighted by molar-refractivity contribution is -0.183. The van der Waals surface area contributed by atoms with E-state index in [1.165, 1.54) is 4.68 Å². The van der Waals surface area contributed by atoms with Crippen molar-refractivity contribution in [2.45, 2.75) is 62.7 Å². The van der Waals surface area contributed by atoms with E-state index in [2.05, 4.69) is 10.4 Å². The van der Waals surface area contributed by atoms with E-state index in [9.17, 15) is 26.7 Å². The first-order chi connectivity index (χ1) is 12.7. The van der Waals surface area contributed by atoms with Gasteiger partial charge in [0.1, 0.15) is 12.6 Å². The third kappa shape index (κ3) is 3.43. The zero-order valence-corrected chi connectivity index (χ0v) is 14.7. The molecule has 3 heterocycles. The summed E-state index contributed by atoms with van der Waals surface area (Å²) in [6.07, 6.45) is -4.93. The van der Waals surface area contributed by atoms with Crippen LogP contribution in [0.4, 0.5) is 22.0 Å². The largest absolute Gasteiger partial charge is 0.408 e. The lowest BCUT2D eigenvalue weighted by atomic mass is 9.87. The van der Waals surface area contributed by atoms with Gasteiger partial charge in [0.2, 0.25) is 5.91 Å². The third-order valence-corrected chi connectivity index (χ3v) is 5.76. The van der Waals surface area contributed by atoms with Crippen LogP contribution in [-0.4, -0.2) is 58.4 Å². The standard InChI is InChI=1S/C17H21F5N4O/c18-16(19)4-3-12-11(6-16)15(10-7-23-8-10)24-26(12)9-14(27)25-5-1-2-13(25)17(20,21)22/h10,13,23H,1-9H2/t13-/m0/s1. The van der Waals surface area contributed by atoms with E-state index in [4.69, 9.17) is 0 Å². The highest BCUT2D eigenvalue weighted by molar-refractivity contribution is 5.77. The highest BCUT2D eigenvalue weighted by atomic mass is 19.4. The van der Waals surface area contributed by atoms with Gasteiger partial charge in [-0.3, -0.25) is 9.48 Å². The fourth-order valence-electron chi connectivity index (χ4n) is 4.24. The molecule has 2 aliphatic heterocycles. The number of rotatable bonds is 3. The van der Waals surface area contributed by atoms with Crippen LogP contribution in [-0.2, 0) is 24.2 Å². The molecule has 27 heavy (non-hydrogen) atoms. The van der Waals surface area contributed by atoms with Crippen molar-refractivity contribution in [3.05, 3.63) is 17.0 Å². The first-order valence-electron chi connectivity index (χ1n) is 9.19. The molecule has 0 bridgehead atoms. The van der Waals surface area contributed by atoms with Crippen molar-refractivity contribution in [3.63, 3.8) is 0 Å². The van der Waals surface area contributed by atoms with Crippen molar-refractivity contribution in [1.82, 2.24) is 20.0 Å². The Balaban J connectivity index is 1.59. The molecule has 10 heteroatoms. The van der Waals surface area contributed by atoms with E-state index in [0.29, 0.717) is 36.5 Å². The smallest absolute Gasteiger partial charge is 0.329 e. The number of aromatic nitrogens is 2. The Kier molecular flexibility index (Phi) is 4.44. The summed E-state index contributed by atoms with van der Waals surface area (Å²) >= 11 is 0. The summed E-state index contributed by atoms with van der Waals surface area (Å²) in [6, 6.07) is -1.77. The summed E-state index contributed by atoms with van der Waals surface area (Å²) in [5.74, 6) is -3.46. The van der Waals surface area contributed by atoms with Gasteiger partial charge in [0.25, 0.3) is 5.92 Å². The first kappa shape index (κ1) is 18.6. The minimum Gasteiger partial charge on any atom is -0.329 e. The maximum atomic E-state index is 13.9. The number of amides is 1. The van der Waals surface area contributed by atoms with Crippen molar-refractivity contribution in [3.8, 4) is 0 Å². The number of carbonyl (C=O) groups excluding carboxylic acids is 1. The van der Waals surface area contributed by atoms with Gasteiger partial charge in [0.15, 0.2) is 0 Å². The average molecular weight is 392 g/mol. The average Bonchev–Trinajstić information content (AvgIpc) is 3.10. The molecular weight excluding hydrogens is 371 g/mol. The Labute approximate surface area is 152 Å². The molecule has 2 saturated heterocycles. The van der Waals surface area contributed by atoms with Crippen molar-refractivity contribution < 1.29 is 26.7 Å². The summed E-state index contributed by atoms with van der Waals surface area (Å²) < 4.78 is 68.5. The number of alkyl halides is 5. The molecule has 0 spiro atoms. The number of nitrogens with zero attached hydrogens (tertiary/aromatic N) is 3. The van der Waals surface area contributed by atoms with E-state index in [0.717, 1.165) is 4.90 Å². The molecule has 4 rings (SSSR count). The van der Waals surface area contributed by atoms with Gasteiger partial charge in [0.05, 0.1) is 5.69 Å².